The summed E-state index contributed by atoms with van der Waals surface area (Å²) in [6.07, 6.45) is 67.0. The molecule has 0 radical (unpaired) electrons. The average Bonchev–Trinajstić information content (AvgIpc) is 3.33. The highest BCUT2D eigenvalue weighted by molar-refractivity contribution is 5.71. The minimum absolute atomic E-state index is 0.0765. The van der Waals surface area contributed by atoms with Gasteiger partial charge >= 0.3 is 17.9 Å². The topological polar surface area (TPSA) is 78.9 Å². The van der Waals surface area contributed by atoms with E-state index in [1.165, 1.54) is 212 Å². The van der Waals surface area contributed by atoms with E-state index < -0.39 is 6.10 Å². The van der Waals surface area contributed by atoms with E-state index in [1.54, 1.807) is 0 Å². The molecule has 0 unspecified atom stereocenters. The van der Waals surface area contributed by atoms with Gasteiger partial charge < -0.3 is 14.2 Å². The molecule has 67 heavy (non-hydrogen) atoms. The van der Waals surface area contributed by atoms with Crippen LogP contribution in [-0.2, 0) is 28.6 Å². The highest BCUT2D eigenvalue weighted by Gasteiger charge is 2.19. The maximum atomic E-state index is 12.9. The summed E-state index contributed by atoms with van der Waals surface area (Å²) in [5, 5.41) is 0. The Kier molecular flexibility index (Phi) is 54.2. The largest absolute Gasteiger partial charge is 0.462 e. The molecule has 0 aromatic carbocycles. The summed E-state index contributed by atoms with van der Waals surface area (Å²) in [6.45, 7) is 6.65. The predicted octanol–water partition coefficient (Wildman–Crippen LogP) is 19.7. The first-order valence-electron chi connectivity index (χ1n) is 29.5. The molecule has 0 heterocycles. The fourth-order valence-electron chi connectivity index (χ4n) is 8.60. The number of allylic oxidation sites excluding steroid dienone is 6. The molecule has 0 saturated heterocycles. The van der Waals surface area contributed by atoms with Crippen LogP contribution in [0.5, 0.6) is 0 Å². The van der Waals surface area contributed by atoms with Crippen molar-refractivity contribution in [3.8, 4) is 0 Å². The number of carbonyl (C=O) groups is 3. The van der Waals surface area contributed by atoms with E-state index in [0.717, 1.165) is 64.2 Å². The van der Waals surface area contributed by atoms with Crippen molar-refractivity contribution in [1.29, 1.82) is 0 Å². The zero-order chi connectivity index (χ0) is 48.6. The molecular formula is C61H112O6. The van der Waals surface area contributed by atoms with Gasteiger partial charge in [-0.15, -0.1) is 0 Å². The van der Waals surface area contributed by atoms with E-state index >= 15 is 0 Å². The Labute approximate surface area is 416 Å². The summed E-state index contributed by atoms with van der Waals surface area (Å²) >= 11 is 0. The Balaban J connectivity index is 4.37. The average molecular weight is 942 g/mol. The van der Waals surface area contributed by atoms with E-state index in [9.17, 15) is 14.4 Å². The van der Waals surface area contributed by atoms with E-state index in [0.29, 0.717) is 19.3 Å². The lowest BCUT2D eigenvalue weighted by Crippen LogP contribution is -2.30. The molecule has 0 saturated carbocycles. The number of unbranched alkanes of at least 4 members (excludes halogenated alkanes) is 37. The minimum atomic E-state index is -0.778. The van der Waals surface area contributed by atoms with Crippen LogP contribution in [0.2, 0.25) is 0 Å². The van der Waals surface area contributed by atoms with Crippen molar-refractivity contribution in [2.75, 3.05) is 13.2 Å². The van der Waals surface area contributed by atoms with Crippen LogP contribution in [-0.4, -0.2) is 37.2 Å². The summed E-state index contributed by atoms with van der Waals surface area (Å²) < 4.78 is 16.9. The van der Waals surface area contributed by atoms with Crippen LogP contribution in [0.4, 0.5) is 0 Å². The van der Waals surface area contributed by atoms with Gasteiger partial charge in [-0.3, -0.25) is 14.4 Å². The summed E-state index contributed by atoms with van der Waals surface area (Å²) in [5.74, 6) is -0.877. The standard InChI is InChI=1S/C61H112O6/c1-4-7-10-13-16-19-22-25-28-30-33-36-39-42-45-48-51-54-60(63)66-57-58(56-65-59(62)53-50-47-44-41-38-35-32-27-24-21-18-15-12-9-6-3)67-61(64)55-52-49-46-43-40-37-34-31-29-26-23-20-17-14-11-8-5-2/h25-29,32,58H,4-24,30-31,33-57H2,1-3H3/t58-/m1/s1. The number of rotatable bonds is 54. The van der Waals surface area contributed by atoms with Gasteiger partial charge in [0.1, 0.15) is 13.2 Å². The van der Waals surface area contributed by atoms with E-state index in [-0.39, 0.29) is 31.1 Å². The van der Waals surface area contributed by atoms with Gasteiger partial charge in [0.15, 0.2) is 6.10 Å². The second-order valence-corrected chi connectivity index (χ2v) is 19.9. The molecule has 0 aliphatic rings. The third-order valence-electron chi connectivity index (χ3n) is 13.1. The molecule has 0 amide bonds. The Hall–Kier alpha value is -2.37. The molecule has 0 aromatic heterocycles. The fourth-order valence-corrected chi connectivity index (χ4v) is 8.60. The van der Waals surface area contributed by atoms with Gasteiger partial charge in [-0.2, -0.15) is 0 Å². The molecule has 0 rings (SSSR count). The lowest BCUT2D eigenvalue weighted by atomic mass is 10.1. The normalized spacial score (nSPS) is 12.2. The van der Waals surface area contributed by atoms with Crippen molar-refractivity contribution in [2.45, 2.75) is 322 Å². The maximum absolute atomic E-state index is 12.9. The van der Waals surface area contributed by atoms with E-state index in [2.05, 4.69) is 57.2 Å². The SMILES string of the molecule is CCCCCCCCC=CCCCCCCCCCC(=O)OC[C@@H](COC(=O)CCCCCCCC=CCCCCCCCC)OC(=O)CCCCCCCCCC=CCCCCCCCC. The van der Waals surface area contributed by atoms with Crippen LogP contribution < -0.4 is 0 Å². The molecule has 1 atom stereocenters. The molecule has 6 heteroatoms. The number of carbonyl (C=O) groups excluding carboxylic acids is 3. The molecule has 0 aliphatic heterocycles. The van der Waals surface area contributed by atoms with Crippen molar-refractivity contribution in [1.82, 2.24) is 0 Å². The summed E-state index contributed by atoms with van der Waals surface area (Å²) in [7, 11) is 0. The first kappa shape index (κ1) is 64.6. The molecular weight excluding hydrogens is 829 g/mol. The zero-order valence-corrected chi connectivity index (χ0v) is 44.9. The van der Waals surface area contributed by atoms with Gasteiger partial charge in [-0.25, -0.2) is 0 Å². The number of esters is 3. The molecule has 0 N–H and O–H groups in total. The molecule has 0 fully saturated rings. The predicted molar refractivity (Wildman–Crippen MR) is 289 cm³/mol. The highest BCUT2D eigenvalue weighted by Crippen LogP contribution is 2.16. The summed E-state index contributed by atoms with van der Waals surface area (Å²) in [4.78, 5) is 38.2. The summed E-state index contributed by atoms with van der Waals surface area (Å²) in [5.41, 5.74) is 0. The first-order valence-corrected chi connectivity index (χ1v) is 29.5. The minimum Gasteiger partial charge on any atom is -0.462 e. The molecule has 392 valence electrons. The molecule has 0 aromatic rings. The van der Waals surface area contributed by atoms with Crippen LogP contribution in [0.15, 0.2) is 36.5 Å². The molecule has 0 aliphatic carbocycles. The lowest BCUT2D eigenvalue weighted by Gasteiger charge is -2.18. The van der Waals surface area contributed by atoms with E-state index in [1.807, 2.05) is 0 Å². The Morgan fingerprint density at radius 3 is 0.746 bits per heavy atom. The van der Waals surface area contributed by atoms with Crippen LogP contribution >= 0.6 is 0 Å². The Bertz CT molecular complexity index is 1130. The molecule has 6 nitrogen and oxygen atoms in total. The van der Waals surface area contributed by atoms with Gasteiger partial charge in [0.2, 0.25) is 0 Å². The quantitative estimate of drug-likeness (QED) is 0.0262. The van der Waals surface area contributed by atoms with Gasteiger partial charge in [0, 0.05) is 19.3 Å². The smallest absolute Gasteiger partial charge is 0.306 e. The summed E-state index contributed by atoms with van der Waals surface area (Å²) in [6, 6.07) is 0. The number of hydrogen-bond acceptors (Lipinski definition) is 6. The first-order chi connectivity index (χ1) is 33.0. The van der Waals surface area contributed by atoms with Crippen LogP contribution in [0.3, 0.4) is 0 Å². The van der Waals surface area contributed by atoms with Crippen LogP contribution in [0, 0.1) is 0 Å². The second kappa shape index (κ2) is 56.2. The van der Waals surface area contributed by atoms with Crippen molar-refractivity contribution < 1.29 is 28.6 Å². The van der Waals surface area contributed by atoms with Gasteiger partial charge in [0.25, 0.3) is 0 Å². The Morgan fingerprint density at radius 1 is 0.284 bits per heavy atom. The maximum Gasteiger partial charge on any atom is 0.306 e. The van der Waals surface area contributed by atoms with Gasteiger partial charge in [-0.1, -0.05) is 237 Å². The van der Waals surface area contributed by atoms with Crippen molar-refractivity contribution >= 4 is 17.9 Å². The number of ether oxygens (including phenoxy) is 3. The van der Waals surface area contributed by atoms with Gasteiger partial charge in [-0.05, 0) is 96.3 Å². The zero-order valence-electron chi connectivity index (χ0n) is 44.9. The second-order valence-electron chi connectivity index (χ2n) is 19.9. The fraction of sp³-hybridized carbons (Fsp3) is 0.852. The van der Waals surface area contributed by atoms with Crippen molar-refractivity contribution in [3.63, 3.8) is 0 Å². The van der Waals surface area contributed by atoms with Crippen molar-refractivity contribution in [2.24, 2.45) is 0 Å². The molecule has 0 spiro atoms. The molecule has 0 bridgehead atoms. The lowest BCUT2D eigenvalue weighted by molar-refractivity contribution is -0.167. The van der Waals surface area contributed by atoms with Crippen molar-refractivity contribution in [3.05, 3.63) is 36.5 Å². The van der Waals surface area contributed by atoms with Gasteiger partial charge in [0.05, 0.1) is 0 Å². The van der Waals surface area contributed by atoms with Crippen LogP contribution in [0.25, 0.3) is 0 Å². The third-order valence-corrected chi connectivity index (χ3v) is 13.1. The highest BCUT2D eigenvalue weighted by atomic mass is 16.6. The van der Waals surface area contributed by atoms with Crippen LogP contribution in [0.1, 0.15) is 316 Å². The number of hydrogen-bond donors (Lipinski definition) is 0. The third kappa shape index (κ3) is 54.4. The Morgan fingerprint density at radius 2 is 0.493 bits per heavy atom. The van der Waals surface area contributed by atoms with E-state index in [4.69, 9.17) is 14.2 Å². The monoisotopic (exact) mass is 941 g/mol.